The summed E-state index contributed by atoms with van der Waals surface area (Å²) in [6.45, 7) is 10.2. The second-order valence-electron chi connectivity index (χ2n) is 6.24. The molecular weight excluding hydrogens is 264 g/mol. The van der Waals surface area contributed by atoms with Gasteiger partial charge >= 0.3 is 0 Å². The Morgan fingerprint density at radius 2 is 1.62 bits per heavy atom. The van der Waals surface area contributed by atoms with Gasteiger partial charge in [0.15, 0.2) is 0 Å². The number of hydrogen-bond donors (Lipinski definition) is 1. The molecule has 2 rings (SSSR count). The highest BCUT2D eigenvalue weighted by Gasteiger charge is 2.27. The molecule has 2 atom stereocenters. The van der Waals surface area contributed by atoms with Crippen molar-refractivity contribution in [2.45, 2.75) is 52.6 Å². The summed E-state index contributed by atoms with van der Waals surface area (Å²) in [6, 6.07) is 8.20. The molecule has 1 N–H and O–H groups in total. The second kappa shape index (κ2) is 6.39. The summed E-state index contributed by atoms with van der Waals surface area (Å²) >= 11 is 0. The van der Waals surface area contributed by atoms with Crippen molar-refractivity contribution >= 4 is 0 Å². The van der Waals surface area contributed by atoms with E-state index in [9.17, 15) is 5.11 Å². The van der Waals surface area contributed by atoms with Gasteiger partial charge in [-0.25, -0.2) is 0 Å². The lowest BCUT2D eigenvalue weighted by atomic mass is 9.91. The van der Waals surface area contributed by atoms with E-state index in [4.69, 9.17) is 4.52 Å². The first-order valence-electron chi connectivity index (χ1n) is 7.52. The third kappa shape index (κ3) is 3.50. The Kier molecular flexibility index (Phi) is 4.78. The Morgan fingerprint density at radius 3 is 2.10 bits per heavy atom. The Bertz CT molecular complexity index is 563. The zero-order valence-corrected chi connectivity index (χ0v) is 13.4. The van der Waals surface area contributed by atoms with Gasteiger partial charge in [0.25, 0.3) is 0 Å². The van der Waals surface area contributed by atoms with E-state index in [0.29, 0.717) is 17.6 Å². The molecule has 0 bridgehead atoms. The summed E-state index contributed by atoms with van der Waals surface area (Å²) in [5.74, 6) is 1.68. The molecule has 0 fully saturated rings. The summed E-state index contributed by atoms with van der Waals surface area (Å²) in [5.41, 5.74) is 2.22. The standard InChI is InChI=1S/C17H24N2O2/c1-10(2)13-6-8-14(9-7-13)16-18-17(21-19-16)15(11(3)4)12(5)20/h6-12,15,20H,1-5H3. The maximum absolute atomic E-state index is 9.89. The fourth-order valence-electron chi connectivity index (χ4n) is 2.55. The number of nitrogens with zero attached hydrogens (tertiary/aromatic N) is 2. The van der Waals surface area contributed by atoms with Gasteiger partial charge in [-0.05, 0) is 24.3 Å². The van der Waals surface area contributed by atoms with Gasteiger partial charge in [-0.2, -0.15) is 4.98 Å². The molecule has 0 aliphatic carbocycles. The first-order chi connectivity index (χ1) is 9.90. The highest BCUT2D eigenvalue weighted by Crippen LogP contribution is 2.28. The topological polar surface area (TPSA) is 59.2 Å². The van der Waals surface area contributed by atoms with Crippen molar-refractivity contribution in [1.29, 1.82) is 0 Å². The molecule has 0 saturated heterocycles. The minimum atomic E-state index is -0.512. The first-order valence-corrected chi connectivity index (χ1v) is 7.52. The number of rotatable bonds is 5. The number of aliphatic hydroxyl groups excluding tert-OH is 1. The summed E-state index contributed by atoms with van der Waals surface area (Å²) in [4.78, 5) is 4.46. The number of aromatic nitrogens is 2. The van der Waals surface area contributed by atoms with Crippen LogP contribution in [0, 0.1) is 5.92 Å². The Labute approximate surface area is 126 Å². The van der Waals surface area contributed by atoms with Gasteiger partial charge < -0.3 is 9.63 Å². The van der Waals surface area contributed by atoms with Gasteiger partial charge in [0.2, 0.25) is 11.7 Å². The molecular formula is C17H24N2O2. The summed E-state index contributed by atoms with van der Waals surface area (Å²) < 4.78 is 5.36. The van der Waals surface area contributed by atoms with Crippen LogP contribution in [0.25, 0.3) is 11.4 Å². The molecule has 1 heterocycles. The zero-order valence-electron chi connectivity index (χ0n) is 13.4. The Balaban J connectivity index is 2.26. The highest BCUT2D eigenvalue weighted by atomic mass is 16.5. The van der Waals surface area contributed by atoms with Crippen LogP contribution in [0.3, 0.4) is 0 Å². The number of benzene rings is 1. The fraction of sp³-hybridized carbons (Fsp3) is 0.529. The van der Waals surface area contributed by atoms with E-state index in [1.54, 1.807) is 6.92 Å². The molecule has 21 heavy (non-hydrogen) atoms. The van der Waals surface area contributed by atoms with Crippen LogP contribution >= 0.6 is 0 Å². The van der Waals surface area contributed by atoms with Crippen molar-refractivity contribution in [2.24, 2.45) is 5.92 Å². The van der Waals surface area contributed by atoms with E-state index >= 15 is 0 Å². The second-order valence-corrected chi connectivity index (χ2v) is 6.24. The lowest BCUT2D eigenvalue weighted by Crippen LogP contribution is -2.20. The van der Waals surface area contributed by atoms with Crippen LogP contribution in [-0.2, 0) is 0 Å². The molecule has 1 aromatic heterocycles. The largest absolute Gasteiger partial charge is 0.393 e. The Hall–Kier alpha value is -1.68. The molecule has 2 aromatic rings. The van der Waals surface area contributed by atoms with Crippen LogP contribution in [-0.4, -0.2) is 21.4 Å². The van der Waals surface area contributed by atoms with Gasteiger partial charge in [-0.1, -0.05) is 57.1 Å². The van der Waals surface area contributed by atoms with Gasteiger partial charge in [0.05, 0.1) is 12.0 Å². The normalized spacial score (nSPS) is 14.7. The molecule has 2 unspecified atom stereocenters. The molecule has 0 aliphatic rings. The maximum Gasteiger partial charge on any atom is 0.232 e. The molecule has 1 aromatic carbocycles. The van der Waals surface area contributed by atoms with Crippen molar-refractivity contribution < 1.29 is 9.63 Å². The highest BCUT2D eigenvalue weighted by molar-refractivity contribution is 5.54. The maximum atomic E-state index is 9.89. The van der Waals surface area contributed by atoms with E-state index in [-0.39, 0.29) is 11.8 Å². The van der Waals surface area contributed by atoms with Crippen LogP contribution in [0.2, 0.25) is 0 Å². The van der Waals surface area contributed by atoms with Crippen LogP contribution in [0.1, 0.15) is 57.9 Å². The van der Waals surface area contributed by atoms with Gasteiger partial charge in [0, 0.05) is 5.56 Å². The van der Waals surface area contributed by atoms with Crippen LogP contribution in [0.5, 0.6) is 0 Å². The molecule has 4 nitrogen and oxygen atoms in total. The van der Waals surface area contributed by atoms with Crippen LogP contribution in [0.15, 0.2) is 28.8 Å². The van der Waals surface area contributed by atoms with Gasteiger partial charge in [0.1, 0.15) is 0 Å². The molecule has 0 radical (unpaired) electrons. The SMILES string of the molecule is CC(C)c1ccc(-c2noc(C(C(C)C)C(C)O)n2)cc1. The van der Waals surface area contributed by atoms with Gasteiger partial charge in [-0.15, -0.1) is 0 Å². The van der Waals surface area contributed by atoms with Crippen molar-refractivity contribution in [1.82, 2.24) is 10.1 Å². The fourth-order valence-corrected chi connectivity index (χ4v) is 2.55. The molecule has 0 saturated carbocycles. The van der Waals surface area contributed by atoms with Crippen molar-refractivity contribution in [3.63, 3.8) is 0 Å². The van der Waals surface area contributed by atoms with Crippen LogP contribution < -0.4 is 0 Å². The quantitative estimate of drug-likeness (QED) is 0.904. The molecule has 114 valence electrons. The predicted molar refractivity (Wildman–Crippen MR) is 83.1 cm³/mol. The average Bonchev–Trinajstić information content (AvgIpc) is 2.87. The minimum Gasteiger partial charge on any atom is -0.393 e. The first kappa shape index (κ1) is 15.7. The minimum absolute atomic E-state index is 0.138. The molecule has 0 spiro atoms. The van der Waals surface area contributed by atoms with E-state index in [0.717, 1.165) is 5.56 Å². The van der Waals surface area contributed by atoms with E-state index in [1.165, 1.54) is 5.56 Å². The lowest BCUT2D eigenvalue weighted by Gasteiger charge is -2.19. The number of aliphatic hydroxyl groups is 1. The summed E-state index contributed by atoms with van der Waals surface area (Å²) in [6.07, 6.45) is -0.512. The number of hydrogen-bond acceptors (Lipinski definition) is 4. The third-order valence-corrected chi connectivity index (χ3v) is 3.80. The predicted octanol–water partition coefficient (Wildman–Crippen LogP) is 3.98. The van der Waals surface area contributed by atoms with E-state index in [2.05, 4.69) is 36.1 Å². The van der Waals surface area contributed by atoms with E-state index < -0.39 is 6.10 Å². The van der Waals surface area contributed by atoms with E-state index in [1.807, 2.05) is 26.0 Å². The Morgan fingerprint density at radius 1 is 1.00 bits per heavy atom. The third-order valence-electron chi connectivity index (χ3n) is 3.80. The van der Waals surface area contributed by atoms with Crippen molar-refractivity contribution in [3.8, 4) is 11.4 Å². The zero-order chi connectivity index (χ0) is 15.6. The van der Waals surface area contributed by atoms with Gasteiger partial charge in [-0.3, -0.25) is 0 Å². The van der Waals surface area contributed by atoms with Crippen LogP contribution in [0.4, 0.5) is 0 Å². The average molecular weight is 288 g/mol. The monoisotopic (exact) mass is 288 g/mol. The summed E-state index contributed by atoms with van der Waals surface area (Å²) in [5, 5.41) is 13.9. The molecule has 4 heteroatoms. The van der Waals surface area contributed by atoms with Crippen molar-refractivity contribution in [3.05, 3.63) is 35.7 Å². The smallest absolute Gasteiger partial charge is 0.232 e. The molecule has 0 amide bonds. The summed E-state index contributed by atoms with van der Waals surface area (Å²) in [7, 11) is 0. The molecule has 0 aliphatic heterocycles. The lowest BCUT2D eigenvalue weighted by molar-refractivity contribution is 0.120. The van der Waals surface area contributed by atoms with Crippen molar-refractivity contribution in [2.75, 3.05) is 0 Å².